The van der Waals surface area contributed by atoms with Crippen molar-refractivity contribution in [2.75, 3.05) is 27.2 Å². The Balaban J connectivity index is 2.03. The van der Waals surface area contributed by atoms with E-state index < -0.39 is 0 Å². The molecule has 20 heavy (non-hydrogen) atoms. The molecule has 0 aromatic heterocycles. The predicted octanol–water partition coefficient (Wildman–Crippen LogP) is 1.64. The lowest BCUT2D eigenvalue weighted by Crippen LogP contribution is -2.41. The van der Waals surface area contributed by atoms with Crippen molar-refractivity contribution in [1.29, 1.82) is 5.41 Å². The highest BCUT2D eigenvalue weighted by Crippen LogP contribution is 2.18. The van der Waals surface area contributed by atoms with Crippen molar-refractivity contribution in [2.24, 2.45) is 5.73 Å². The maximum atomic E-state index is 13.6. The smallest absolute Gasteiger partial charge is 0.124 e. The highest BCUT2D eigenvalue weighted by atomic mass is 19.1. The number of piperidine rings is 1. The predicted molar refractivity (Wildman–Crippen MR) is 79.4 cm³/mol. The monoisotopic (exact) mass is 278 g/mol. The van der Waals surface area contributed by atoms with Crippen LogP contribution in [0.4, 0.5) is 4.39 Å². The number of amidine groups is 1. The Kier molecular flexibility index (Phi) is 4.73. The first kappa shape index (κ1) is 14.9. The molecule has 1 saturated heterocycles. The van der Waals surface area contributed by atoms with E-state index in [0.717, 1.165) is 31.5 Å². The van der Waals surface area contributed by atoms with Crippen LogP contribution in [-0.4, -0.2) is 48.9 Å². The topological polar surface area (TPSA) is 56.4 Å². The Hall–Kier alpha value is -1.46. The van der Waals surface area contributed by atoms with E-state index >= 15 is 0 Å². The zero-order valence-electron chi connectivity index (χ0n) is 12.2. The highest BCUT2D eigenvalue weighted by molar-refractivity contribution is 5.95. The van der Waals surface area contributed by atoms with Crippen LogP contribution in [0, 0.1) is 11.2 Å². The molecular weight excluding hydrogens is 255 g/mol. The highest BCUT2D eigenvalue weighted by Gasteiger charge is 2.20. The summed E-state index contributed by atoms with van der Waals surface area (Å²) in [6, 6.07) is 5.17. The van der Waals surface area contributed by atoms with Gasteiger partial charge in [-0.25, -0.2) is 4.39 Å². The molecule has 1 aliphatic rings. The van der Waals surface area contributed by atoms with E-state index in [2.05, 4.69) is 23.9 Å². The normalized spacial score (nSPS) is 17.6. The van der Waals surface area contributed by atoms with Crippen molar-refractivity contribution in [3.63, 3.8) is 0 Å². The lowest BCUT2D eigenvalue weighted by Gasteiger charge is -2.35. The third kappa shape index (κ3) is 3.77. The first-order valence-corrected chi connectivity index (χ1v) is 6.98. The lowest BCUT2D eigenvalue weighted by molar-refractivity contribution is 0.139. The molecule has 0 spiro atoms. The minimum absolute atomic E-state index is 0.0901. The fraction of sp³-hybridized carbons (Fsp3) is 0.533. The molecule has 1 heterocycles. The fourth-order valence-electron chi connectivity index (χ4n) is 2.75. The van der Waals surface area contributed by atoms with Crippen LogP contribution in [0.25, 0.3) is 0 Å². The van der Waals surface area contributed by atoms with Gasteiger partial charge in [0.15, 0.2) is 0 Å². The van der Waals surface area contributed by atoms with Crippen molar-refractivity contribution in [3.05, 3.63) is 35.1 Å². The van der Waals surface area contributed by atoms with Crippen molar-refractivity contribution >= 4 is 5.84 Å². The molecule has 0 atom stereocenters. The van der Waals surface area contributed by atoms with Crippen LogP contribution >= 0.6 is 0 Å². The number of benzene rings is 1. The Morgan fingerprint density at radius 1 is 1.40 bits per heavy atom. The third-order valence-electron chi connectivity index (χ3n) is 4.01. The average Bonchev–Trinajstić information content (AvgIpc) is 2.38. The molecule has 4 nitrogen and oxygen atoms in total. The van der Waals surface area contributed by atoms with Crippen LogP contribution in [0.15, 0.2) is 18.2 Å². The maximum absolute atomic E-state index is 13.6. The molecule has 0 unspecified atom stereocenters. The maximum Gasteiger partial charge on any atom is 0.124 e. The molecular formula is C15H23FN4. The number of halogens is 1. The number of nitrogens with two attached hydrogens (primary N) is 1. The molecule has 0 radical (unpaired) electrons. The van der Waals surface area contributed by atoms with Gasteiger partial charge in [0.05, 0.1) is 0 Å². The second-order valence-electron chi connectivity index (χ2n) is 5.71. The molecule has 5 heteroatoms. The first-order chi connectivity index (χ1) is 9.45. The summed E-state index contributed by atoms with van der Waals surface area (Å²) in [6.07, 6.45) is 2.28. The van der Waals surface area contributed by atoms with E-state index in [0.29, 0.717) is 18.2 Å². The molecule has 2 rings (SSSR count). The van der Waals surface area contributed by atoms with Crippen molar-refractivity contribution < 1.29 is 4.39 Å². The van der Waals surface area contributed by atoms with Gasteiger partial charge in [-0.3, -0.25) is 10.3 Å². The van der Waals surface area contributed by atoms with Gasteiger partial charge in [-0.1, -0.05) is 0 Å². The fourth-order valence-corrected chi connectivity index (χ4v) is 2.75. The minimum Gasteiger partial charge on any atom is -0.384 e. The van der Waals surface area contributed by atoms with E-state index in [4.69, 9.17) is 11.1 Å². The summed E-state index contributed by atoms with van der Waals surface area (Å²) in [4.78, 5) is 4.60. The van der Waals surface area contributed by atoms with Gasteiger partial charge in [-0.05, 0) is 63.8 Å². The van der Waals surface area contributed by atoms with E-state index in [9.17, 15) is 4.39 Å². The number of nitrogens with zero attached hydrogens (tertiary/aromatic N) is 2. The Morgan fingerprint density at radius 2 is 2.05 bits per heavy atom. The number of hydrogen-bond donors (Lipinski definition) is 2. The van der Waals surface area contributed by atoms with Crippen molar-refractivity contribution in [1.82, 2.24) is 9.80 Å². The van der Waals surface area contributed by atoms with Gasteiger partial charge in [-0.15, -0.1) is 0 Å². The van der Waals surface area contributed by atoms with Crippen LogP contribution in [0.2, 0.25) is 0 Å². The number of nitrogen functional groups attached to an aromatic ring is 1. The molecule has 3 N–H and O–H groups in total. The summed E-state index contributed by atoms with van der Waals surface area (Å²) in [5.41, 5.74) is 6.77. The quantitative estimate of drug-likeness (QED) is 0.650. The van der Waals surface area contributed by atoms with E-state index in [1.165, 1.54) is 12.1 Å². The van der Waals surface area contributed by atoms with Crippen molar-refractivity contribution in [3.8, 4) is 0 Å². The van der Waals surface area contributed by atoms with E-state index in [1.54, 1.807) is 6.07 Å². The Bertz CT molecular complexity index is 481. The van der Waals surface area contributed by atoms with Gasteiger partial charge in [0.25, 0.3) is 0 Å². The SMILES string of the molecule is CN1CCC(N(C)Cc2cc(F)cc(C(=N)N)c2)CC1. The summed E-state index contributed by atoms with van der Waals surface area (Å²) in [5, 5.41) is 7.42. The summed E-state index contributed by atoms with van der Waals surface area (Å²) < 4.78 is 13.6. The van der Waals surface area contributed by atoms with Crippen LogP contribution in [-0.2, 0) is 6.54 Å². The van der Waals surface area contributed by atoms with Gasteiger partial charge in [0.1, 0.15) is 11.7 Å². The second kappa shape index (κ2) is 6.33. The molecule has 1 aromatic rings. The molecule has 1 aliphatic heterocycles. The summed E-state index contributed by atoms with van der Waals surface area (Å²) in [7, 11) is 4.22. The van der Waals surface area contributed by atoms with Gasteiger partial charge in [-0.2, -0.15) is 0 Å². The number of hydrogen-bond acceptors (Lipinski definition) is 3. The average molecular weight is 278 g/mol. The summed E-state index contributed by atoms with van der Waals surface area (Å²) in [5.74, 6) is -0.419. The zero-order chi connectivity index (χ0) is 14.7. The molecule has 1 fully saturated rings. The Labute approximate surface area is 119 Å². The van der Waals surface area contributed by atoms with Crippen LogP contribution < -0.4 is 5.73 Å². The zero-order valence-corrected chi connectivity index (χ0v) is 12.2. The van der Waals surface area contributed by atoms with Crippen LogP contribution in [0.5, 0.6) is 0 Å². The molecule has 0 bridgehead atoms. The Morgan fingerprint density at radius 3 is 2.65 bits per heavy atom. The summed E-state index contributed by atoms with van der Waals surface area (Å²) in [6.45, 7) is 2.90. The minimum atomic E-state index is -0.329. The number of rotatable bonds is 4. The number of likely N-dealkylation sites (tertiary alicyclic amines) is 1. The second-order valence-corrected chi connectivity index (χ2v) is 5.71. The molecule has 1 aromatic carbocycles. The van der Waals surface area contributed by atoms with E-state index in [-0.39, 0.29) is 11.7 Å². The summed E-state index contributed by atoms with van der Waals surface area (Å²) >= 11 is 0. The van der Waals surface area contributed by atoms with Gasteiger partial charge >= 0.3 is 0 Å². The standard InChI is InChI=1S/C15H23FN4/c1-19-5-3-14(4-6-19)20(2)10-11-7-12(15(17)18)9-13(16)8-11/h7-9,14H,3-6,10H2,1-2H3,(H3,17,18). The lowest BCUT2D eigenvalue weighted by atomic mass is 10.0. The first-order valence-electron chi connectivity index (χ1n) is 6.98. The van der Waals surface area contributed by atoms with Gasteiger partial charge in [0, 0.05) is 18.2 Å². The number of nitrogens with one attached hydrogen (secondary N) is 1. The molecule has 0 saturated carbocycles. The largest absolute Gasteiger partial charge is 0.384 e. The third-order valence-corrected chi connectivity index (χ3v) is 4.01. The van der Waals surface area contributed by atoms with E-state index in [1.807, 2.05) is 0 Å². The van der Waals surface area contributed by atoms with Crippen LogP contribution in [0.1, 0.15) is 24.0 Å². The van der Waals surface area contributed by atoms with Gasteiger partial charge in [0.2, 0.25) is 0 Å². The van der Waals surface area contributed by atoms with Crippen molar-refractivity contribution in [2.45, 2.75) is 25.4 Å². The van der Waals surface area contributed by atoms with Crippen LogP contribution in [0.3, 0.4) is 0 Å². The van der Waals surface area contributed by atoms with Gasteiger partial charge < -0.3 is 10.6 Å². The molecule has 0 amide bonds. The molecule has 0 aliphatic carbocycles. The molecule has 110 valence electrons.